The van der Waals surface area contributed by atoms with Gasteiger partial charge in [-0.05, 0) is 34.5 Å². The minimum atomic E-state index is 0.668. The van der Waals surface area contributed by atoms with Crippen molar-refractivity contribution in [2.24, 2.45) is 0 Å². The Kier molecular flexibility index (Phi) is 3.61. The van der Waals surface area contributed by atoms with Crippen molar-refractivity contribution < 1.29 is 0 Å². The summed E-state index contributed by atoms with van der Waals surface area (Å²) < 4.78 is 3.00. The number of imidazole rings is 1. The van der Waals surface area contributed by atoms with E-state index < -0.39 is 0 Å². The molecular weight excluding hydrogens is 289 g/mol. The highest BCUT2D eigenvalue weighted by Crippen LogP contribution is 2.26. The van der Waals surface area contributed by atoms with E-state index in [-0.39, 0.29) is 0 Å². The van der Waals surface area contributed by atoms with E-state index in [2.05, 4.69) is 37.4 Å². The average Bonchev–Trinajstić information content (AvgIpc) is 2.61. The first kappa shape index (κ1) is 11.6. The van der Waals surface area contributed by atoms with Crippen LogP contribution >= 0.6 is 27.5 Å². The molecule has 0 saturated heterocycles. The SMILES string of the molecule is CCCn1cnc(-c2cc(Cl)ccn2)c1Br. The van der Waals surface area contributed by atoms with E-state index in [0.29, 0.717) is 5.02 Å². The molecule has 0 radical (unpaired) electrons. The highest BCUT2D eigenvalue weighted by atomic mass is 79.9. The number of pyridine rings is 1. The van der Waals surface area contributed by atoms with Gasteiger partial charge in [0.1, 0.15) is 10.3 Å². The van der Waals surface area contributed by atoms with Gasteiger partial charge in [-0.3, -0.25) is 4.98 Å². The van der Waals surface area contributed by atoms with Gasteiger partial charge in [-0.15, -0.1) is 0 Å². The van der Waals surface area contributed by atoms with Crippen LogP contribution in [0.4, 0.5) is 0 Å². The van der Waals surface area contributed by atoms with E-state index in [1.54, 1.807) is 12.3 Å². The number of aryl methyl sites for hydroxylation is 1. The zero-order chi connectivity index (χ0) is 11.5. The zero-order valence-corrected chi connectivity index (χ0v) is 11.2. The lowest BCUT2D eigenvalue weighted by atomic mass is 10.3. The molecule has 3 nitrogen and oxygen atoms in total. The molecular formula is C11H11BrClN3. The van der Waals surface area contributed by atoms with E-state index in [4.69, 9.17) is 11.6 Å². The molecule has 16 heavy (non-hydrogen) atoms. The first-order chi connectivity index (χ1) is 7.72. The molecule has 0 aliphatic carbocycles. The molecule has 0 N–H and O–H groups in total. The maximum Gasteiger partial charge on any atom is 0.121 e. The Bertz CT molecular complexity index is 496. The summed E-state index contributed by atoms with van der Waals surface area (Å²) in [5.74, 6) is 0. The number of hydrogen-bond donors (Lipinski definition) is 0. The second-order valence-corrected chi connectivity index (χ2v) is 4.62. The van der Waals surface area contributed by atoms with Gasteiger partial charge in [0.2, 0.25) is 0 Å². The Hall–Kier alpha value is -0.870. The molecule has 0 unspecified atom stereocenters. The van der Waals surface area contributed by atoms with Gasteiger partial charge < -0.3 is 4.57 Å². The van der Waals surface area contributed by atoms with Crippen molar-refractivity contribution in [3.63, 3.8) is 0 Å². The largest absolute Gasteiger partial charge is 0.325 e. The Morgan fingerprint density at radius 1 is 1.44 bits per heavy atom. The van der Waals surface area contributed by atoms with E-state index in [1.165, 1.54) is 0 Å². The molecule has 0 spiro atoms. The van der Waals surface area contributed by atoms with Gasteiger partial charge >= 0.3 is 0 Å². The van der Waals surface area contributed by atoms with Crippen LogP contribution in [0.2, 0.25) is 5.02 Å². The minimum Gasteiger partial charge on any atom is -0.325 e. The highest BCUT2D eigenvalue weighted by Gasteiger charge is 2.11. The lowest BCUT2D eigenvalue weighted by molar-refractivity contribution is 0.667. The van der Waals surface area contributed by atoms with E-state index in [0.717, 1.165) is 29.0 Å². The van der Waals surface area contributed by atoms with E-state index in [9.17, 15) is 0 Å². The van der Waals surface area contributed by atoms with Gasteiger partial charge in [-0.2, -0.15) is 0 Å². The summed E-state index contributed by atoms with van der Waals surface area (Å²) in [4.78, 5) is 8.59. The summed E-state index contributed by atoms with van der Waals surface area (Å²) in [6.45, 7) is 3.07. The molecule has 2 aromatic rings. The van der Waals surface area contributed by atoms with Crippen molar-refractivity contribution in [3.8, 4) is 11.4 Å². The Morgan fingerprint density at radius 3 is 2.94 bits per heavy atom. The monoisotopic (exact) mass is 299 g/mol. The van der Waals surface area contributed by atoms with E-state index in [1.807, 2.05) is 12.4 Å². The highest BCUT2D eigenvalue weighted by molar-refractivity contribution is 9.10. The molecule has 0 aliphatic rings. The van der Waals surface area contributed by atoms with Crippen LogP contribution in [0.3, 0.4) is 0 Å². The van der Waals surface area contributed by atoms with Crippen LogP contribution in [0.5, 0.6) is 0 Å². The summed E-state index contributed by atoms with van der Waals surface area (Å²) in [7, 11) is 0. The number of hydrogen-bond acceptors (Lipinski definition) is 2. The van der Waals surface area contributed by atoms with Crippen molar-refractivity contribution >= 4 is 27.5 Å². The lowest BCUT2D eigenvalue weighted by Crippen LogP contribution is -1.94. The van der Waals surface area contributed by atoms with Gasteiger partial charge in [0.05, 0.1) is 12.0 Å². The van der Waals surface area contributed by atoms with Crippen LogP contribution in [-0.4, -0.2) is 14.5 Å². The molecule has 5 heteroatoms. The van der Waals surface area contributed by atoms with Crippen LogP contribution in [0.15, 0.2) is 29.3 Å². The zero-order valence-electron chi connectivity index (χ0n) is 8.82. The fraction of sp³-hybridized carbons (Fsp3) is 0.273. The minimum absolute atomic E-state index is 0.668. The van der Waals surface area contributed by atoms with Gasteiger partial charge in [0, 0.05) is 17.8 Å². The van der Waals surface area contributed by atoms with Crippen molar-refractivity contribution in [2.75, 3.05) is 0 Å². The Balaban J connectivity index is 2.41. The molecule has 0 fully saturated rings. The molecule has 2 heterocycles. The van der Waals surface area contributed by atoms with Crippen molar-refractivity contribution in [1.29, 1.82) is 0 Å². The average molecular weight is 301 g/mol. The molecule has 0 amide bonds. The fourth-order valence-corrected chi connectivity index (χ4v) is 2.20. The standard InChI is InChI=1S/C11H11BrClN3/c1-2-5-16-7-15-10(11(16)12)9-6-8(13)3-4-14-9/h3-4,6-7H,2,5H2,1H3. The first-order valence-corrected chi connectivity index (χ1v) is 6.22. The summed E-state index contributed by atoms with van der Waals surface area (Å²) in [6, 6.07) is 3.56. The summed E-state index contributed by atoms with van der Waals surface area (Å²) >= 11 is 9.46. The molecule has 2 rings (SSSR count). The topological polar surface area (TPSA) is 30.7 Å². The summed E-state index contributed by atoms with van der Waals surface area (Å²) in [5, 5.41) is 0.668. The smallest absolute Gasteiger partial charge is 0.121 e. The van der Waals surface area contributed by atoms with Crippen LogP contribution in [0.25, 0.3) is 11.4 Å². The molecule has 0 atom stereocenters. The predicted molar refractivity (Wildman–Crippen MR) is 68.5 cm³/mol. The Labute approximate surface area is 108 Å². The molecule has 0 bridgehead atoms. The first-order valence-electron chi connectivity index (χ1n) is 5.05. The molecule has 0 aromatic carbocycles. The van der Waals surface area contributed by atoms with E-state index >= 15 is 0 Å². The van der Waals surface area contributed by atoms with Gasteiger partial charge in [-0.25, -0.2) is 4.98 Å². The second kappa shape index (κ2) is 4.97. The van der Waals surface area contributed by atoms with Crippen LogP contribution in [-0.2, 0) is 6.54 Å². The number of nitrogens with zero attached hydrogens (tertiary/aromatic N) is 3. The number of rotatable bonds is 3. The van der Waals surface area contributed by atoms with Crippen LogP contribution < -0.4 is 0 Å². The summed E-state index contributed by atoms with van der Waals surface area (Å²) in [5.41, 5.74) is 1.62. The van der Waals surface area contributed by atoms with Crippen molar-refractivity contribution in [2.45, 2.75) is 19.9 Å². The maximum absolute atomic E-state index is 5.93. The van der Waals surface area contributed by atoms with Crippen LogP contribution in [0.1, 0.15) is 13.3 Å². The third-order valence-corrected chi connectivity index (χ3v) is 3.27. The third-order valence-electron chi connectivity index (χ3n) is 2.20. The normalized spacial score (nSPS) is 10.7. The number of aromatic nitrogens is 3. The molecule has 84 valence electrons. The summed E-state index contributed by atoms with van der Waals surface area (Å²) in [6.07, 6.45) is 4.56. The van der Waals surface area contributed by atoms with Crippen molar-refractivity contribution in [1.82, 2.24) is 14.5 Å². The number of halogens is 2. The Morgan fingerprint density at radius 2 is 2.25 bits per heavy atom. The van der Waals surface area contributed by atoms with Crippen LogP contribution in [0, 0.1) is 0 Å². The molecule has 0 aliphatic heterocycles. The quantitative estimate of drug-likeness (QED) is 0.864. The second-order valence-electron chi connectivity index (χ2n) is 3.44. The fourth-order valence-electron chi connectivity index (χ4n) is 1.47. The van der Waals surface area contributed by atoms with Crippen molar-refractivity contribution in [3.05, 3.63) is 34.3 Å². The third kappa shape index (κ3) is 2.28. The van der Waals surface area contributed by atoms with Gasteiger partial charge in [-0.1, -0.05) is 18.5 Å². The van der Waals surface area contributed by atoms with Gasteiger partial charge in [0.25, 0.3) is 0 Å². The molecule has 0 saturated carbocycles. The molecule has 2 aromatic heterocycles. The predicted octanol–water partition coefficient (Wildman–Crippen LogP) is 3.77. The van der Waals surface area contributed by atoms with Gasteiger partial charge in [0.15, 0.2) is 0 Å². The maximum atomic E-state index is 5.93. The lowest BCUT2D eigenvalue weighted by Gasteiger charge is -2.02.